The van der Waals surface area contributed by atoms with Crippen molar-refractivity contribution in [3.63, 3.8) is 0 Å². The van der Waals surface area contributed by atoms with Crippen LogP contribution in [0.3, 0.4) is 0 Å². The van der Waals surface area contributed by atoms with Gasteiger partial charge < -0.3 is 10.1 Å². The summed E-state index contributed by atoms with van der Waals surface area (Å²) in [5.41, 5.74) is 1.16. The minimum atomic E-state index is 0.550. The molecule has 1 heterocycles. The van der Waals surface area contributed by atoms with Crippen LogP contribution in [0.4, 0.5) is 0 Å². The van der Waals surface area contributed by atoms with Crippen LogP contribution in [-0.2, 0) is 6.54 Å². The van der Waals surface area contributed by atoms with E-state index in [1.807, 2.05) is 18.2 Å². The van der Waals surface area contributed by atoms with E-state index in [1.165, 1.54) is 0 Å². The summed E-state index contributed by atoms with van der Waals surface area (Å²) < 4.78 is 5.37. The average Bonchev–Trinajstić information content (AvgIpc) is 2.29. The molecule has 0 unspecified atom stereocenters. The highest BCUT2D eigenvalue weighted by Crippen LogP contribution is 2.24. The molecule has 1 atom stereocenters. The molecular weight excluding hydrogens is 236 g/mol. The first-order valence-electron chi connectivity index (χ1n) is 5.97. The van der Waals surface area contributed by atoms with Crippen LogP contribution < -0.4 is 10.1 Å². The van der Waals surface area contributed by atoms with Gasteiger partial charge in [0.2, 0.25) is 0 Å². The number of hydrogen-bond acceptors (Lipinski definition) is 3. The number of piperazine rings is 1. The molecule has 0 amide bonds. The van der Waals surface area contributed by atoms with Crippen molar-refractivity contribution in [3.8, 4) is 5.75 Å². The first-order chi connectivity index (χ1) is 8.19. The lowest BCUT2D eigenvalue weighted by Crippen LogP contribution is -2.48. The molecule has 4 heteroatoms. The molecule has 1 aromatic carbocycles. The van der Waals surface area contributed by atoms with E-state index in [1.54, 1.807) is 7.11 Å². The van der Waals surface area contributed by atoms with Crippen LogP contribution in [0.15, 0.2) is 18.2 Å². The fourth-order valence-electron chi connectivity index (χ4n) is 2.27. The van der Waals surface area contributed by atoms with Crippen molar-refractivity contribution in [1.29, 1.82) is 0 Å². The lowest BCUT2D eigenvalue weighted by Gasteiger charge is -2.32. The predicted molar refractivity (Wildman–Crippen MR) is 70.7 cm³/mol. The van der Waals surface area contributed by atoms with Crippen LogP contribution >= 0.6 is 11.6 Å². The summed E-state index contributed by atoms with van der Waals surface area (Å²) in [5.74, 6) is 0.917. The largest absolute Gasteiger partial charge is 0.496 e. The van der Waals surface area contributed by atoms with Crippen molar-refractivity contribution in [2.75, 3.05) is 26.7 Å². The van der Waals surface area contributed by atoms with Gasteiger partial charge in [0, 0.05) is 42.8 Å². The Balaban J connectivity index is 2.08. The molecule has 3 nitrogen and oxygen atoms in total. The molecule has 1 aromatic rings. The number of halogens is 1. The quantitative estimate of drug-likeness (QED) is 0.895. The lowest BCUT2D eigenvalue weighted by molar-refractivity contribution is 0.197. The molecule has 2 rings (SSSR count). The van der Waals surface area contributed by atoms with E-state index in [4.69, 9.17) is 16.3 Å². The fraction of sp³-hybridized carbons (Fsp3) is 0.538. The van der Waals surface area contributed by atoms with Gasteiger partial charge in [-0.25, -0.2) is 0 Å². The maximum absolute atomic E-state index is 6.03. The second-order valence-electron chi connectivity index (χ2n) is 4.55. The number of nitrogens with one attached hydrogen (secondary N) is 1. The number of nitrogens with zero attached hydrogens (tertiary/aromatic N) is 1. The van der Waals surface area contributed by atoms with Gasteiger partial charge in [-0.3, -0.25) is 4.90 Å². The van der Waals surface area contributed by atoms with Crippen molar-refractivity contribution in [3.05, 3.63) is 28.8 Å². The molecule has 0 aliphatic carbocycles. The van der Waals surface area contributed by atoms with E-state index in [2.05, 4.69) is 17.1 Å². The zero-order chi connectivity index (χ0) is 12.3. The van der Waals surface area contributed by atoms with Crippen molar-refractivity contribution in [1.82, 2.24) is 10.2 Å². The Labute approximate surface area is 108 Å². The molecule has 0 spiro atoms. The number of methoxy groups -OCH3 is 1. The number of hydrogen-bond donors (Lipinski definition) is 1. The summed E-state index contributed by atoms with van der Waals surface area (Å²) in [6, 6.07) is 6.34. The summed E-state index contributed by atoms with van der Waals surface area (Å²) in [6.45, 7) is 6.29. The number of benzene rings is 1. The highest BCUT2D eigenvalue weighted by Gasteiger charge is 2.17. The normalized spacial score (nSPS) is 21.5. The number of rotatable bonds is 3. The van der Waals surface area contributed by atoms with Gasteiger partial charge in [0.15, 0.2) is 0 Å². The van der Waals surface area contributed by atoms with E-state index >= 15 is 0 Å². The zero-order valence-electron chi connectivity index (χ0n) is 10.4. The lowest BCUT2D eigenvalue weighted by atomic mass is 10.1. The van der Waals surface area contributed by atoms with Gasteiger partial charge in [-0.05, 0) is 25.1 Å². The van der Waals surface area contributed by atoms with Crippen LogP contribution in [0.25, 0.3) is 0 Å². The summed E-state index contributed by atoms with van der Waals surface area (Å²) in [4.78, 5) is 2.43. The Bertz CT molecular complexity index is 384. The Morgan fingerprint density at radius 2 is 2.35 bits per heavy atom. The summed E-state index contributed by atoms with van der Waals surface area (Å²) in [6.07, 6.45) is 0. The van der Waals surface area contributed by atoms with Gasteiger partial charge >= 0.3 is 0 Å². The molecular formula is C13H19ClN2O. The van der Waals surface area contributed by atoms with Crippen LogP contribution in [0, 0.1) is 0 Å². The van der Waals surface area contributed by atoms with Crippen molar-refractivity contribution in [2.45, 2.75) is 19.5 Å². The monoisotopic (exact) mass is 254 g/mol. The van der Waals surface area contributed by atoms with Crippen LogP contribution in [0.2, 0.25) is 5.02 Å². The van der Waals surface area contributed by atoms with Crippen molar-refractivity contribution in [2.24, 2.45) is 0 Å². The molecule has 0 radical (unpaired) electrons. The average molecular weight is 255 g/mol. The van der Waals surface area contributed by atoms with Gasteiger partial charge in [0.25, 0.3) is 0 Å². The summed E-state index contributed by atoms with van der Waals surface area (Å²) in [5, 5.41) is 4.21. The van der Waals surface area contributed by atoms with E-state index in [0.717, 1.165) is 42.5 Å². The third-order valence-corrected chi connectivity index (χ3v) is 3.32. The Kier molecular flexibility index (Phi) is 4.26. The Morgan fingerprint density at radius 1 is 1.53 bits per heavy atom. The van der Waals surface area contributed by atoms with Gasteiger partial charge in [-0.15, -0.1) is 0 Å². The van der Waals surface area contributed by atoms with E-state index in [-0.39, 0.29) is 0 Å². The standard InChI is InChI=1S/C13H19ClN2O/c1-10-8-16(6-5-15-10)9-11-7-12(14)3-4-13(11)17-2/h3-4,7,10,15H,5-6,8-9H2,1-2H3/t10-/m0/s1. The van der Waals surface area contributed by atoms with Crippen LogP contribution in [-0.4, -0.2) is 37.7 Å². The van der Waals surface area contributed by atoms with Crippen molar-refractivity contribution < 1.29 is 4.74 Å². The molecule has 0 saturated carbocycles. The second kappa shape index (κ2) is 5.71. The Morgan fingerprint density at radius 3 is 3.06 bits per heavy atom. The minimum absolute atomic E-state index is 0.550. The van der Waals surface area contributed by atoms with Gasteiger partial charge in [0.1, 0.15) is 5.75 Å². The molecule has 0 aromatic heterocycles. The maximum atomic E-state index is 6.03. The smallest absolute Gasteiger partial charge is 0.123 e. The maximum Gasteiger partial charge on any atom is 0.123 e. The van der Waals surface area contributed by atoms with E-state index in [0.29, 0.717) is 6.04 Å². The first-order valence-corrected chi connectivity index (χ1v) is 6.35. The molecule has 1 saturated heterocycles. The third-order valence-electron chi connectivity index (χ3n) is 3.09. The van der Waals surface area contributed by atoms with Crippen molar-refractivity contribution >= 4 is 11.6 Å². The first kappa shape index (κ1) is 12.7. The molecule has 1 N–H and O–H groups in total. The SMILES string of the molecule is COc1ccc(Cl)cc1CN1CCN[C@@H](C)C1. The highest BCUT2D eigenvalue weighted by molar-refractivity contribution is 6.30. The molecule has 17 heavy (non-hydrogen) atoms. The Hall–Kier alpha value is -0.770. The van der Waals surface area contributed by atoms with Gasteiger partial charge in [-0.2, -0.15) is 0 Å². The fourth-order valence-corrected chi connectivity index (χ4v) is 2.46. The predicted octanol–water partition coefficient (Wildman–Crippen LogP) is 2.14. The van der Waals surface area contributed by atoms with Crippen LogP contribution in [0.5, 0.6) is 5.75 Å². The minimum Gasteiger partial charge on any atom is -0.496 e. The molecule has 0 bridgehead atoms. The second-order valence-corrected chi connectivity index (χ2v) is 4.98. The van der Waals surface area contributed by atoms with Gasteiger partial charge in [-0.1, -0.05) is 11.6 Å². The molecule has 1 aliphatic rings. The zero-order valence-corrected chi connectivity index (χ0v) is 11.1. The number of ether oxygens (including phenoxy) is 1. The van der Waals surface area contributed by atoms with E-state index in [9.17, 15) is 0 Å². The molecule has 1 fully saturated rings. The third kappa shape index (κ3) is 3.35. The van der Waals surface area contributed by atoms with Gasteiger partial charge in [0.05, 0.1) is 7.11 Å². The van der Waals surface area contributed by atoms with Crippen LogP contribution in [0.1, 0.15) is 12.5 Å². The summed E-state index contributed by atoms with van der Waals surface area (Å²) >= 11 is 6.03. The molecule has 94 valence electrons. The molecule has 1 aliphatic heterocycles. The summed E-state index contributed by atoms with van der Waals surface area (Å²) in [7, 11) is 1.70. The van der Waals surface area contributed by atoms with E-state index < -0.39 is 0 Å². The topological polar surface area (TPSA) is 24.5 Å². The highest BCUT2D eigenvalue weighted by atomic mass is 35.5.